The molecular weight excluding hydrogens is 273 g/mol. The summed E-state index contributed by atoms with van der Waals surface area (Å²) >= 11 is 5.83. The second-order valence-corrected chi connectivity index (χ2v) is 5.86. The first-order chi connectivity index (χ1) is 7.71. The highest BCUT2D eigenvalue weighted by Gasteiger charge is 2.25. The lowest BCUT2D eigenvalue weighted by Crippen LogP contribution is -2.36. The van der Waals surface area contributed by atoms with E-state index in [9.17, 15) is 10.2 Å². The Kier molecular flexibility index (Phi) is 6.44. The molecule has 0 saturated heterocycles. The maximum Gasteiger partial charge on any atom is 0.121 e. The largest absolute Gasteiger partial charge is 0.508 e. The highest BCUT2D eigenvalue weighted by Crippen LogP contribution is 2.32. The van der Waals surface area contributed by atoms with E-state index < -0.39 is 6.10 Å². The van der Waals surface area contributed by atoms with Crippen LogP contribution in [0.4, 0.5) is 0 Å². The predicted molar refractivity (Wildman–Crippen MR) is 77.4 cm³/mol. The fraction of sp³-hybridized carbons (Fsp3) is 0.538. The Labute approximate surface area is 119 Å². The van der Waals surface area contributed by atoms with Crippen LogP contribution < -0.4 is 5.73 Å². The Balaban J connectivity index is 0.00000289. The van der Waals surface area contributed by atoms with E-state index in [0.717, 1.165) is 0 Å². The van der Waals surface area contributed by atoms with Crippen LogP contribution in [0.25, 0.3) is 0 Å². The molecule has 1 rings (SSSR count). The molecule has 0 aliphatic rings. The van der Waals surface area contributed by atoms with Crippen molar-refractivity contribution < 1.29 is 10.2 Å². The lowest BCUT2D eigenvalue weighted by Gasteiger charge is -2.29. The van der Waals surface area contributed by atoms with Gasteiger partial charge < -0.3 is 15.9 Å². The van der Waals surface area contributed by atoms with Crippen molar-refractivity contribution in [3.05, 3.63) is 28.8 Å². The van der Waals surface area contributed by atoms with Crippen LogP contribution in [0.15, 0.2) is 18.2 Å². The standard InChI is InChI=1S/C13H20ClNO2.ClH/c1-13(2,3)12(15)7-11(17)9-6-8(14)4-5-10(9)16;/h4-6,11-12,16-17H,7,15H2,1-3H3;1H/t11-,12-;/m0./s1. The normalized spacial score (nSPS) is 14.8. The molecular formula is C13H21Cl2NO2. The maximum atomic E-state index is 10.1. The van der Waals surface area contributed by atoms with Crippen molar-refractivity contribution in [3.8, 4) is 5.75 Å². The molecule has 0 amide bonds. The third-order valence-corrected chi connectivity index (χ3v) is 3.17. The van der Waals surface area contributed by atoms with Gasteiger partial charge in [0.2, 0.25) is 0 Å². The number of aliphatic hydroxyl groups excluding tert-OH is 1. The van der Waals surface area contributed by atoms with Gasteiger partial charge in [0.05, 0.1) is 6.10 Å². The minimum absolute atomic E-state index is 0. The summed E-state index contributed by atoms with van der Waals surface area (Å²) in [5, 5.41) is 20.2. The van der Waals surface area contributed by atoms with E-state index in [-0.39, 0.29) is 29.6 Å². The number of hydrogen-bond donors (Lipinski definition) is 3. The van der Waals surface area contributed by atoms with Crippen molar-refractivity contribution in [3.63, 3.8) is 0 Å². The lowest BCUT2D eigenvalue weighted by atomic mass is 9.83. The smallest absolute Gasteiger partial charge is 0.121 e. The average molecular weight is 294 g/mol. The third-order valence-electron chi connectivity index (χ3n) is 2.94. The van der Waals surface area contributed by atoms with E-state index in [4.69, 9.17) is 17.3 Å². The number of phenols is 1. The van der Waals surface area contributed by atoms with Gasteiger partial charge in [-0.1, -0.05) is 32.4 Å². The molecule has 1 aromatic carbocycles. The average Bonchev–Trinajstić information content (AvgIpc) is 2.20. The Morgan fingerprint density at radius 3 is 2.39 bits per heavy atom. The molecule has 104 valence electrons. The molecule has 0 unspecified atom stereocenters. The fourth-order valence-electron chi connectivity index (χ4n) is 1.51. The number of benzene rings is 1. The second-order valence-electron chi connectivity index (χ2n) is 5.43. The van der Waals surface area contributed by atoms with Gasteiger partial charge in [0.1, 0.15) is 5.75 Å². The van der Waals surface area contributed by atoms with Gasteiger partial charge in [-0.25, -0.2) is 0 Å². The van der Waals surface area contributed by atoms with Gasteiger partial charge >= 0.3 is 0 Å². The van der Waals surface area contributed by atoms with Crippen molar-refractivity contribution >= 4 is 24.0 Å². The molecule has 0 bridgehead atoms. The summed E-state index contributed by atoms with van der Waals surface area (Å²) in [5.74, 6) is 0.0445. The molecule has 3 nitrogen and oxygen atoms in total. The van der Waals surface area contributed by atoms with Gasteiger partial charge in [-0.2, -0.15) is 0 Å². The first-order valence-electron chi connectivity index (χ1n) is 5.64. The quantitative estimate of drug-likeness (QED) is 0.801. The fourth-order valence-corrected chi connectivity index (χ4v) is 1.69. The number of hydrogen-bond acceptors (Lipinski definition) is 3. The molecule has 0 fully saturated rings. The summed E-state index contributed by atoms with van der Waals surface area (Å²) < 4.78 is 0. The highest BCUT2D eigenvalue weighted by atomic mass is 35.5. The molecule has 0 heterocycles. The van der Waals surface area contributed by atoms with E-state index in [0.29, 0.717) is 17.0 Å². The Morgan fingerprint density at radius 1 is 1.33 bits per heavy atom. The molecule has 0 radical (unpaired) electrons. The van der Waals surface area contributed by atoms with Crippen LogP contribution in [0.3, 0.4) is 0 Å². The Hall–Kier alpha value is -0.480. The van der Waals surface area contributed by atoms with Crippen LogP contribution in [0, 0.1) is 5.41 Å². The van der Waals surface area contributed by atoms with Gasteiger partial charge in [-0.15, -0.1) is 12.4 Å². The van der Waals surface area contributed by atoms with Crippen LogP contribution in [0.2, 0.25) is 5.02 Å². The minimum atomic E-state index is -0.803. The van der Waals surface area contributed by atoms with Crippen LogP contribution >= 0.6 is 24.0 Å². The molecule has 0 saturated carbocycles. The van der Waals surface area contributed by atoms with Crippen molar-refractivity contribution in [1.82, 2.24) is 0 Å². The molecule has 4 N–H and O–H groups in total. The Morgan fingerprint density at radius 2 is 1.89 bits per heavy atom. The first kappa shape index (κ1) is 17.5. The van der Waals surface area contributed by atoms with Gasteiger partial charge in [0, 0.05) is 16.6 Å². The molecule has 0 aliphatic heterocycles. The van der Waals surface area contributed by atoms with E-state index in [1.807, 2.05) is 20.8 Å². The molecule has 0 spiro atoms. The molecule has 0 aromatic heterocycles. The number of rotatable bonds is 3. The summed E-state index contributed by atoms with van der Waals surface area (Å²) in [6.45, 7) is 6.05. The summed E-state index contributed by atoms with van der Waals surface area (Å²) in [6.07, 6.45) is -0.417. The number of aromatic hydroxyl groups is 1. The third kappa shape index (κ3) is 4.65. The monoisotopic (exact) mass is 293 g/mol. The zero-order valence-electron chi connectivity index (χ0n) is 10.9. The zero-order chi connectivity index (χ0) is 13.2. The lowest BCUT2D eigenvalue weighted by molar-refractivity contribution is 0.131. The number of halogens is 2. The van der Waals surface area contributed by atoms with E-state index in [2.05, 4.69) is 0 Å². The van der Waals surface area contributed by atoms with E-state index in [1.165, 1.54) is 6.07 Å². The summed E-state index contributed by atoms with van der Waals surface area (Å²) in [7, 11) is 0. The van der Waals surface area contributed by atoms with Crippen LogP contribution in [-0.2, 0) is 0 Å². The molecule has 2 atom stereocenters. The highest BCUT2D eigenvalue weighted by molar-refractivity contribution is 6.30. The van der Waals surface area contributed by atoms with Crippen LogP contribution in [0.5, 0.6) is 5.75 Å². The predicted octanol–water partition coefficient (Wildman–Crippen LogP) is 3.26. The molecule has 5 heteroatoms. The second kappa shape index (κ2) is 6.62. The van der Waals surface area contributed by atoms with Crippen molar-refractivity contribution in [2.45, 2.75) is 39.3 Å². The summed E-state index contributed by atoms with van der Waals surface area (Å²) in [6, 6.07) is 4.47. The van der Waals surface area contributed by atoms with E-state index >= 15 is 0 Å². The topological polar surface area (TPSA) is 66.5 Å². The van der Waals surface area contributed by atoms with Gasteiger partial charge in [0.15, 0.2) is 0 Å². The number of aliphatic hydroxyl groups is 1. The van der Waals surface area contributed by atoms with Gasteiger partial charge in [-0.3, -0.25) is 0 Å². The summed E-state index contributed by atoms with van der Waals surface area (Å²) in [5.41, 5.74) is 6.34. The molecule has 0 aliphatic carbocycles. The van der Waals surface area contributed by atoms with Gasteiger partial charge in [0.25, 0.3) is 0 Å². The van der Waals surface area contributed by atoms with Crippen molar-refractivity contribution in [2.75, 3.05) is 0 Å². The molecule has 18 heavy (non-hydrogen) atoms. The number of nitrogens with two attached hydrogens (primary N) is 1. The number of phenolic OH excluding ortho intramolecular Hbond substituents is 1. The van der Waals surface area contributed by atoms with Crippen LogP contribution in [0.1, 0.15) is 38.9 Å². The maximum absolute atomic E-state index is 10.1. The SMILES string of the molecule is CC(C)(C)[C@@H](N)C[C@H](O)c1cc(Cl)ccc1O.Cl. The van der Waals surface area contributed by atoms with Crippen molar-refractivity contribution in [2.24, 2.45) is 11.1 Å². The van der Waals surface area contributed by atoms with Crippen LogP contribution in [-0.4, -0.2) is 16.3 Å². The van der Waals surface area contributed by atoms with E-state index in [1.54, 1.807) is 12.1 Å². The zero-order valence-corrected chi connectivity index (χ0v) is 12.4. The van der Waals surface area contributed by atoms with Crippen molar-refractivity contribution in [1.29, 1.82) is 0 Å². The molecule has 1 aromatic rings. The minimum Gasteiger partial charge on any atom is -0.508 e. The first-order valence-corrected chi connectivity index (χ1v) is 6.01. The Bertz CT molecular complexity index is 391. The summed E-state index contributed by atoms with van der Waals surface area (Å²) in [4.78, 5) is 0. The van der Waals surface area contributed by atoms with Gasteiger partial charge in [-0.05, 0) is 30.0 Å².